The highest BCUT2D eigenvalue weighted by atomic mass is 79.9. The van der Waals surface area contributed by atoms with E-state index < -0.39 is 0 Å². The fourth-order valence-electron chi connectivity index (χ4n) is 1.07. The Balaban J connectivity index is 2.35. The van der Waals surface area contributed by atoms with Crippen molar-refractivity contribution in [2.75, 3.05) is 5.73 Å². The average Bonchev–Trinajstić information content (AvgIpc) is 2.28. The maximum Gasteiger partial charge on any atom is 0.238 e. The van der Waals surface area contributed by atoms with Gasteiger partial charge in [-0.2, -0.15) is 0 Å². The van der Waals surface area contributed by atoms with Gasteiger partial charge in [0.1, 0.15) is 22.4 Å². The summed E-state index contributed by atoms with van der Waals surface area (Å²) in [5.41, 5.74) is 5.60. The van der Waals surface area contributed by atoms with E-state index in [2.05, 4.69) is 25.9 Å². The van der Waals surface area contributed by atoms with Crippen molar-refractivity contribution in [2.24, 2.45) is 0 Å². The van der Waals surface area contributed by atoms with Crippen molar-refractivity contribution >= 4 is 33.3 Å². The second kappa shape index (κ2) is 4.67. The number of hydrogen-bond acceptors (Lipinski definition) is 4. The summed E-state index contributed by atoms with van der Waals surface area (Å²) in [5.74, 6) is 1.17. The molecule has 0 saturated heterocycles. The average molecular weight is 301 g/mol. The van der Waals surface area contributed by atoms with Crippen molar-refractivity contribution in [3.63, 3.8) is 0 Å². The van der Waals surface area contributed by atoms with Gasteiger partial charge < -0.3 is 10.5 Å². The van der Waals surface area contributed by atoms with E-state index in [4.69, 9.17) is 22.1 Å². The smallest absolute Gasteiger partial charge is 0.238 e. The minimum absolute atomic E-state index is 0.317. The van der Waals surface area contributed by atoms with Gasteiger partial charge in [-0.05, 0) is 28.1 Å². The van der Waals surface area contributed by atoms with Crippen molar-refractivity contribution in [3.05, 3.63) is 40.1 Å². The van der Waals surface area contributed by atoms with Crippen molar-refractivity contribution in [1.29, 1.82) is 0 Å². The Labute approximate surface area is 106 Å². The topological polar surface area (TPSA) is 61.0 Å². The summed E-state index contributed by atoms with van der Waals surface area (Å²) in [6.07, 6.45) is 1.33. The number of hydrogen-bond donors (Lipinski definition) is 1. The number of nitrogens with two attached hydrogens (primary N) is 1. The molecule has 0 aliphatic carbocycles. The summed E-state index contributed by atoms with van der Waals surface area (Å²) in [6.45, 7) is 0. The number of halogens is 2. The first-order valence-corrected chi connectivity index (χ1v) is 5.54. The largest absolute Gasteiger partial charge is 0.436 e. The van der Waals surface area contributed by atoms with Gasteiger partial charge in [-0.25, -0.2) is 9.97 Å². The quantitative estimate of drug-likeness (QED) is 0.924. The molecule has 16 heavy (non-hydrogen) atoms. The fraction of sp³-hybridized carbons (Fsp3) is 0. The summed E-state index contributed by atoms with van der Waals surface area (Å²) < 4.78 is 6.02. The molecule has 0 bridgehead atoms. The number of nitrogen functional groups attached to an aromatic ring is 1. The fourth-order valence-corrected chi connectivity index (χ4v) is 1.53. The zero-order valence-corrected chi connectivity index (χ0v) is 10.4. The zero-order valence-electron chi connectivity index (χ0n) is 8.02. The lowest BCUT2D eigenvalue weighted by atomic mass is 10.3. The summed E-state index contributed by atoms with van der Waals surface area (Å²) in [5, 5.41) is 0.506. The van der Waals surface area contributed by atoms with Crippen LogP contribution in [0.4, 0.5) is 5.82 Å². The van der Waals surface area contributed by atoms with Gasteiger partial charge in [0.15, 0.2) is 0 Å². The van der Waals surface area contributed by atoms with Gasteiger partial charge in [0.05, 0.1) is 5.02 Å². The highest BCUT2D eigenvalue weighted by Gasteiger charge is 2.09. The van der Waals surface area contributed by atoms with E-state index in [0.717, 1.165) is 0 Å². The first-order valence-electron chi connectivity index (χ1n) is 4.37. The van der Waals surface area contributed by atoms with Crippen molar-refractivity contribution in [1.82, 2.24) is 9.97 Å². The number of ether oxygens (including phenoxy) is 1. The van der Waals surface area contributed by atoms with E-state index in [9.17, 15) is 0 Å². The molecule has 0 spiro atoms. The molecule has 6 heteroatoms. The zero-order chi connectivity index (χ0) is 11.5. The second-order valence-corrected chi connectivity index (χ2v) is 4.11. The standard InChI is InChI=1S/C10H7BrClN3O/c11-8-9(13)14-5-15-10(8)16-7-4-2-1-3-6(7)12/h1-5H,(H2,13,14,15). The first kappa shape index (κ1) is 11.2. The Morgan fingerprint density at radius 1 is 1.25 bits per heavy atom. The predicted molar refractivity (Wildman–Crippen MR) is 65.7 cm³/mol. The van der Waals surface area contributed by atoms with Gasteiger partial charge in [-0.15, -0.1) is 0 Å². The van der Waals surface area contributed by atoms with Gasteiger partial charge in [-0.1, -0.05) is 23.7 Å². The van der Waals surface area contributed by atoms with Crippen LogP contribution in [-0.4, -0.2) is 9.97 Å². The van der Waals surface area contributed by atoms with Gasteiger partial charge >= 0.3 is 0 Å². The molecule has 4 nitrogen and oxygen atoms in total. The van der Waals surface area contributed by atoms with Crippen LogP contribution in [0.2, 0.25) is 5.02 Å². The van der Waals surface area contributed by atoms with Crippen LogP contribution in [0.25, 0.3) is 0 Å². The number of benzene rings is 1. The Morgan fingerprint density at radius 2 is 2.00 bits per heavy atom. The molecule has 1 aromatic heterocycles. The number of anilines is 1. The Hall–Kier alpha value is -1.33. The molecule has 0 amide bonds. The lowest BCUT2D eigenvalue weighted by molar-refractivity contribution is 0.459. The van der Waals surface area contributed by atoms with Crippen LogP contribution in [0.5, 0.6) is 11.6 Å². The van der Waals surface area contributed by atoms with Gasteiger partial charge in [0.25, 0.3) is 0 Å². The van der Waals surface area contributed by atoms with Crippen LogP contribution in [0.1, 0.15) is 0 Å². The highest BCUT2D eigenvalue weighted by molar-refractivity contribution is 9.10. The summed E-state index contributed by atoms with van der Waals surface area (Å²) in [6, 6.07) is 7.11. The molecule has 0 unspecified atom stereocenters. The third-order valence-electron chi connectivity index (χ3n) is 1.83. The molecule has 0 atom stereocenters. The molecule has 0 saturated carbocycles. The van der Waals surface area contributed by atoms with E-state index in [-0.39, 0.29) is 0 Å². The molecule has 1 heterocycles. The molecule has 2 rings (SSSR count). The molecule has 2 N–H and O–H groups in total. The highest BCUT2D eigenvalue weighted by Crippen LogP contribution is 2.33. The monoisotopic (exact) mass is 299 g/mol. The van der Waals surface area contributed by atoms with E-state index in [1.807, 2.05) is 12.1 Å². The van der Waals surface area contributed by atoms with E-state index in [1.165, 1.54) is 6.33 Å². The number of nitrogens with zero attached hydrogens (tertiary/aromatic N) is 2. The molecule has 0 aliphatic rings. The Kier molecular flexibility index (Phi) is 3.26. The SMILES string of the molecule is Nc1ncnc(Oc2ccccc2Cl)c1Br. The molecule has 0 aliphatic heterocycles. The van der Waals surface area contributed by atoms with Crippen molar-refractivity contribution < 1.29 is 4.74 Å². The molecule has 2 aromatic rings. The van der Waals surface area contributed by atoms with E-state index in [0.29, 0.717) is 26.9 Å². The summed E-state index contributed by atoms with van der Waals surface area (Å²) in [7, 11) is 0. The van der Waals surface area contributed by atoms with E-state index in [1.54, 1.807) is 12.1 Å². The minimum atomic E-state index is 0.317. The predicted octanol–water partition coefficient (Wildman–Crippen LogP) is 3.27. The van der Waals surface area contributed by atoms with Crippen LogP contribution in [0.15, 0.2) is 35.1 Å². The minimum Gasteiger partial charge on any atom is -0.436 e. The van der Waals surface area contributed by atoms with Crippen molar-refractivity contribution in [2.45, 2.75) is 0 Å². The second-order valence-electron chi connectivity index (χ2n) is 2.91. The first-order chi connectivity index (χ1) is 7.68. The van der Waals surface area contributed by atoms with Crippen molar-refractivity contribution in [3.8, 4) is 11.6 Å². The lowest BCUT2D eigenvalue weighted by Crippen LogP contribution is -1.96. The normalized spacial score (nSPS) is 10.1. The molecular formula is C10H7BrClN3O. The van der Waals surface area contributed by atoms with Crippen LogP contribution in [0, 0.1) is 0 Å². The van der Waals surface area contributed by atoms with Crippen LogP contribution in [0.3, 0.4) is 0 Å². The third-order valence-corrected chi connectivity index (χ3v) is 2.89. The third kappa shape index (κ3) is 2.25. The number of para-hydroxylation sites is 1. The van der Waals surface area contributed by atoms with Gasteiger partial charge in [0, 0.05) is 0 Å². The number of aromatic nitrogens is 2. The maximum atomic E-state index is 5.95. The molecule has 0 fully saturated rings. The molecule has 1 aromatic carbocycles. The number of rotatable bonds is 2. The Bertz CT molecular complexity index is 521. The Morgan fingerprint density at radius 3 is 2.75 bits per heavy atom. The molecule has 0 radical (unpaired) electrons. The molecular weight excluding hydrogens is 293 g/mol. The summed E-state index contributed by atoms with van der Waals surface area (Å²) in [4.78, 5) is 7.77. The lowest BCUT2D eigenvalue weighted by Gasteiger charge is -2.08. The van der Waals surface area contributed by atoms with Crippen LogP contribution >= 0.6 is 27.5 Å². The molecule has 82 valence electrons. The summed E-state index contributed by atoms with van der Waals surface area (Å²) >= 11 is 9.20. The van der Waals surface area contributed by atoms with Crippen LogP contribution < -0.4 is 10.5 Å². The van der Waals surface area contributed by atoms with Gasteiger partial charge in [0.2, 0.25) is 5.88 Å². The van der Waals surface area contributed by atoms with E-state index >= 15 is 0 Å². The van der Waals surface area contributed by atoms with Gasteiger partial charge in [-0.3, -0.25) is 0 Å². The van der Waals surface area contributed by atoms with Crippen LogP contribution in [-0.2, 0) is 0 Å². The maximum absolute atomic E-state index is 5.95.